The topological polar surface area (TPSA) is 75.1 Å². The van der Waals surface area contributed by atoms with Crippen molar-refractivity contribution in [2.75, 3.05) is 7.05 Å². The van der Waals surface area contributed by atoms with E-state index in [-0.39, 0.29) is 0 Å². The summed E-state index contributed by atoms with van der Waals surface area (Å²) < 4.78 is 0. The monoisotopic (exact) mass is 183 g/mol. The number of nitrogens with zero attached hydrogens (tertiary/aromatic N) is 3. The average molecular weight is 183 g/mol. The molecule has 0 atom stereocenters. The van der Waals surface area contributed by atoms with Crippen molar-refractivity contribution in [3.63, 3.8) is 0 Å². The van der Waals surface area contributed by atoms with Crippen molar-refractivity contribution < 1.29 is 0 Å². The molecule has 0 radical (unpaired) electrons. The van der Waals surface area contributed by atoms with Crippen LogP contribution >= 0.6 is 0 Å². The van der Waals surface area contributed by atoms with E-state index in [9.17, 15) is 0 Å². The number of hydrazone groups is 1. The second-order valence-electron chi connectivity index (χ2n) is 2.32. The molecule has 0 bridgehead atoms. The first kappa shape index (κ1) is 11.6. The van der Waals surface area contributed by atoms with Crippen LogP contribution in [0.1, 0.15) is 26.7 Å². The first-order valence-corrected chi connectivity index (χ1v) is 4.32. The molecular weight excluding hydrogens is 166 g/mol. The van der Waals surface area contributed by atoms with Gasteiger partial charge in [0.05, 0.1) is 0 Å². The zero-order valence-corrected chi connectivity index (χ0v) is 8.41. The minimum Gasteiger partial charge on any atom is -0.387 e. The van der Waals surface area contributed by atoms with E-state index in [0.717, 1.165) is 12.8 Å². The Bertz CT molecular complexity index is 217. The number of rotatable bonds is 4. The van der Waals surface area contributed by atoms with Crippen LogP contribution in [0.2, 0.25) is 0 Å². The van der Waals surface area contributed by atoms with Gasteiger partial charge in [0.15, 0.2) is 0 Å². The van der Waals surface area contributed by atoms with Crippen molar-refractivity contribution in [2.45, 2.75) is 26.7 Å². The van der Waals surface area contributed by atoms with Crippen LogP contribution in [-0.4, -0.2) is 25.1 Å². The number of hydrogen-bond donors (Lipinski definition) is 2. The third-order valence-corrected chi connectivity index (χ3v) is 1.35. The lowest BCUT2D eigenvalue weighted by molar-refractivity contribution is 0.887. The Kier molecular flexibility index (Phi) is 6.49. The van der Waals surface area contributed by atoms with E-state index >= 15 is 0 Å². The van der Waals surface area contributed by atoms with Gasteiger partial charge in [0.2, 0.25) is 0 Å². The van der Waals surface area contributed by atoms with E-state index in [0.29, 0.717) is 11.7 Å². The summed E-state index contributed by atoms with van der Waals surface area (Å²) in [5.41, 5.74) is 8.14. The van der Waals surface area contributed by atoms with Crippen LogP contribution in [0.25, 0.3) is 0 Å². The van der Waals surface area contributed by atoms with Crippen LogP contribution in [0, 0.1) is 0 Å². The van der Waals surface area contributed by atoms with E-state index in [2.05, 4.69) is 20.5 Å². The molecule has 0 unspecified atom stereocenters. The maximum atomic E-state index is 5.48. The van der Waals surface area contributed by atoms with Gasteiger partial charge in [-0.05, 0) is 0 Å². The second-order valence-corrected chi connectivity index (χ2v) is 2.32. The number of amidine groups is 2. The van der Waals surface area contributed by atoms with Gasteiger partial charge in [-0.2, -0.15) is 5.10 Å². The van der Waals surface area contributed by atoms with Gasteiger partial charge in [0, 0.05) is 19.9 Å². The van der Waals surface area contributed by atoms with Crippen molar-refractivity contribution in [2.24, 2.45) is 20.8 Å². The molecule has 74 valence electrons. The molecule has 0 aromatic heterocycles. The standard InChI is InChI=1S/C8H17N5/c1-4-7(9)11-6-12-8(5-2)13-10-3/h6,10H,4-5H2,1-3H3,(H2,9,11,12,13). The fourth-order valence-electron chi connectivity index (χ4n) is 0.589. The van der Waals surface area contributed by atoms with Gasteiger partial charge in [-0.3, -0.25) is 0 Å². The summed E-state index contributed by atoms with van der Waals surface area (Å²) in [6.07, 6.45) is 2.92. The second kappa shape index (κ2) is 7.27. The Hall–Kier alpha value is -1.39. The van der Waals surface area contributed by atoms with Gasteiger partial charge in [0.25, 0.3) is 0 Å². The maximum absolute atomic E-state index is 5.48. The van der Waals surface area contributed by atoms with Gasteiger partial charge >= 0.3 is 0 Å². The predicted octanol–water partition coefficient (Wildman–Crippen LogP) is 0.725. The third-order valence-electron chi connectivity index (χ3n) is 1.35. The predicted molar refractivity (Wildman–Crippen MR) is 57.2 cm³/mol. The molecule has 0 fully saturated rings. The first-order chi connectivity index (χ1) is 6.24. The largest absolute Gasteiger partial charge is 0.387 e. The van der Waals surface area contributed by atoms with E-state index in [1.807, 2.05) is 13.8 Å². The molecule has 5 nitrogen and oxygen atoms in total. The summed E-state index contributed by atoms with van der Waals surface area (Å²) in [5, 5.41) is 3.92. The molecule has 0 aromatic rings. The van der Waals surface area contributed by atoms with Crippen molar-refractivity contribution in [1.29, 1.82) is 0 Å². The van der Waals surface area contributed by atoms with E-state index < -0.39 is 0 Å². The zero-order chi connectivity index (χ0) is 10.1. The van der Waals surface area contributed by atoms with Gasteiger partial charge in [-0.25, -0.2) is 9.98 Å². The molecule has 3 N–H and O–H groups in total. The highest BCUT2D eigenvalue weighted by atomic mass is 15.3. The molecule has 0 aromatic carbocycles. The van der Waals surface area contributed by atoms with Crippen molar-refractivity contribution >= 4 is 18.0 Å². The van der Waals surface area contributed by atoms with Gasteiger partial charge < -0.3 is 11.2 Å². The summed E-state index contributed by atoms with van der Waals surface area (Å²) in [5.74, 6) is 1.28. The number of aliphatic imine (C=N–C) groups is 2. The molecule has 0 saturated heterocycles. The lowest BCUT2D eigenvalue weighted by Gasteiger charge is -1.94. The van der Waals surface area contributed by atoms with Gasteiger partial charge in [-0.1, -0.05) is 13.8 Å². The fourth-order valence-corrected chi connectivity index (χ4v) is 0.589. The fraction of sp³-hybridized carbons (Fsp3) is 0.625. The molecule has 0 saturated carbocycles. The molecular formula is C8H17N5. The van der Waals surface area contributed by atoms with Crippen LogP contribution in [0.3, 0.4) is 0 Å². The van der Waals surface area contributed by atoms with Crippen LogP contribution < -0.4 is 11.2 Å². The number of nitrogens with two attached hydrogens (primary N) is 1. The lowest BCUT2D eigenvalue weighted by atomic mass is 10.4. The van der Waals surface area contributed by atoms with Crippen LogP contribution in [-0.2, 0) is 0 Å². The smallest absolute Gasteiger partial charge is 0.149 e. The average Bonchev–Trinajstić information content (AvgIpc) is 2.16. The minimum absolute atomic E-state index is 0.573. The number of hydrogen-bond acceptors (Lipinski definition) is 2. The first-order valence-electron chi connectivity index (χ1n) is 4.32. The van der Waals surface area contributed by atoms with Crippen LogP contribution in [0.5, 0.6) is 0 Å². The Morgan fingerprint density at radius 3 is 2.54 bits per heavy atom. The van der Waals surface area contributed by atoms with Crippen LogP contribution in [0.4, 0.5) is 0 Å². The molecule has 0 rings (SSSR count). The van der Waals surface area contributed by atoms with Crippen molar-refractivity contribution in [3.05, 3.63) is 0 Å². The summed E-state index contributed by atoms with van der Waals surface area (Å²) >= 11 is 0. The lowest BCUT2D eigenvalue weighted by Crippen LogP contribution is -2.09. The number of nitrogens with one attached hydrogen (secondary N) is 1. The highest BCUT2D eigenvalue weighted by Gasteiger charge is 1.88. The minimum atomic E-state index is 0.573. The quantitative estimate of drug-likeness (QED) is 0.383. The SMILES string of the molecule is CCC(N)=NC=N/C(CC)=N/NC. The van der Waals surface area contributed by atoms with Crippen molar-refractivity contribution in [1.82, 2.24) is 5.43 Å². The van der Waals surface area contributed by atoms with E-state index in [1.54, 1.807) is 7.05 Å². The van der Waals surface area contributed by atoms with Crippen LogP contribution in [0.15, 0.2) is 15.1 Å². The van der Waals surface area contributed by atoms with E-state index in [1.165, 1.54) is 6.34 Å². The molecule has 0 aliphatic heterocycles. The Morgan fingerprint density at radius 2 is 2.08 bits per heavy atom. The highest BCUT2D eigenvalue weighted by molar-refractivity contribution is 5.93. The molecule has 0 aliphatic carbocycles. The van der Waals surface area contributed by atoms with Gasteiger partial charge in [-0.15, -0.1) is 0 Å². The normalized spacial score (nSPS) is 13.8. The summed E-state index contributed by atoms with van der Waals surface area (Å²) in [7, 11) is 1.73. The molecule has 0 amide bonds. The molecule has 0 aliphatic rings. The highest BCUT2D eigenvalue weighted by Crippen LogP contribution is 1.85. The summed E-state index contributed by atoms with van der Waals surface area (Å²) in [6, 6.07) is 0. The molecule has 0 heterocycles. The molecule has 0 spiro atoms. The van der Waals surface area contributed by atoms with Gasteiger partial charge in [0.1, 0.15) is 18.0 Å². The Labute approximate surface area is 78.8 Å². The maximum Gasteiger partial charge on any atom is 0.149 e. The third kappa shape index (κ3) is 5.84. The Morgan fingerprint density at radius 1 is 1.38 bits per heavy atom. The van der Waals surface area contributed by atoms with E-state index in [4.69, 9.17) is 5.73 Å². The molecule has 13 heavy (non-hydrogen) atoms. The summed E-state index contributed by atoms with van der Waals surface area (Å²) in [6.45, 7) is 3.91. The van der Waals surface area contributed by atoms with Crippen molar-refractivity contribution in [3.8, 4) is 0 Å². The Balaban J connectivity index is 4.16. The molecule has 5 heteroatoms. The summed E-state index contributed by atoms with van der Waals surface area (Å²) in [4.78, 5) is 7.92. The zero-order valence-electron chi connectivity index (χ0n) is 8.41.